The van der Waals surface area contributed by atoms with Gasteiger partial charge in [0.2, 0.25) is 0 Å². The SMILES string of the molecule is Cc1nc(CO)cn1C. The molecule has 0 amide bonds. The summed E-state index contributed by atoms with van der Waals surface area (Å²) in [6, 6.07) is 0. The minimum atomic E-state index is 0.0294. The molecule has 50 valence electrons. The van der Waals surface area contributed by atoms with Crippen molar-refractivity contribution in [2.24, 2.45) is 7.05 Å². The highest BCUT2D eigenvalue weighted by molar-refractivity contribution is 5.00. The molecule has 9 heavy (non-hydrogen) atoms. The Morgan fingerprint density at radius 2 is 2.44 bits per heavy atom. The Morgan fingerprint density at radius 3 is 2.67 bits per heavy atom. The summed E-state index contributed by atoms with van der Waals surface area (Å²) in [5, 5.41) is 8.60. The van der Waals surface area contributed by atoms with Gasteiger partial charge < -0.3 is 9.67 Å². The number of hydrogen-bond acceptors (Lipinski definition) is 2. The number of aliphatic hydroxyl groups is 1. The van der Waals surface area contributed by atoms with Crippen LogP contribution in [-0.2, 0) is 13.7 Å². The second-order valence-corrected chi connectivity index (χ2v) is 2.05. The number of nitrogens with zero attached hydrogens (tertiary/aromatic N) is 2. The summed E-state index contributed by atoms with van der Waals surface area (Å²) in [5.74, 6) is 0.930. The number of rotatable bonds is 1. The number of aromatic nitrogens is 2. The smallest absolute Gasteiger partial charge is 0.105 e. The summed E-state index contributed by atoms with van der Waals surface area (Å²) in [6.45, 7) is 1.93. The molecule has 0 saturated carbocycles. The van der Waals surface area contributed by atoms with Crippen LogP contribution in [0.5, 0.6) is 0 Å². The van der Waals surface area contributed by atoms with Gasteiger partial charge in [-0.1, -0.05) is 0 Å². The monoisotopic (exact) mass is 126 g/mol. The summed E-state index contributed by atoms with van der Waals surface area (Å²) in [5.41, 5.74) is 0.731. The molecular weight excluding hydrogens is 116 g/mol. The summed E-state index contributed by atoms with van der Waals surface area (Å²) < 4.78 is 1.88. The molecule has 3 nitrogen and oxygen atoms in total. The highest BCUT2D eigenvalue weighted by atomic mass is 16.3. The van der Waals surface area contributed by atoms with Gasteiger partial charge >= 0.3 is 0 Å². The first-order valence-corrected chi connectivity index (χ1v) is 2.83. The van der Waals surface area contributed by atoms with Crippen LogP contribution in [-0.4, -0.2) is 14.7 Å². The fourth-order valence-corrected chi connectivity index (χ4v) is 0.709. The van der Waals surface area contributed by atoms with E-state index in [1.807, 2.05) is 24.7 Å². The normalized spacial score (nSPS) is 10.1. The van der Waals surface area contributed by atoms with Gasteiger partial charge in [0.25, 0.3) is 0 Å². The Morgan fingerprint density at radius 1 is 1.78 bits per heavy atom. The quantitative estimate of drug-likeness (QED) is 0.584. The Labute approximate surface area is 54.0 Å². The first kappa shape index (κ1) is 6.29. The van der Waals surface area contributed by atoms with Crippen molar-refractivity contribution >= 4 is 0 Å². The highest BCUT2D eigenvalue weighted by Gasteiger charge is 1.96. The van der Waals surface area contributed by atoms with Crippen molar-refractivity contribution in [3.05, 3.63) is 17.7 Å². The van der Waals surface area contributed by atoms with Crippen LogP contribution in [0.15, 0.2) is 6.20 Å². The molecule has 1 heterocycles. The average Bonchev–Trinajstić information content (AvgIpc) is 2.13. The molecule has 0 unspecified atom stereocenters. The van der Waals surface area contributed by atoms with Crippen LogP contribution < -0.4 is 0 Å². The third-order valence-electron chi connectivity index (χ3n) is 1.32. The molecule has 0 fully saturated rings. The number of imidazole rings is 1. The second-order valence-electron chi connectivity index (χ2n) is 2.05. The van der Waals surface area contributed by atoms with E-state index in [1.54, 1.807) is 0 Å². The van der Waals surface area contributed by atoms with Gasteiger partial charge in [0.05, 0.1) is 12.3 Å². The zero-order valence-corrected chi connectivity index (χ0v) is 5.63. The predicted molar refractivity (Wildman–Crippen MR) is 33.9 cm³/mol. The van der Waals surface area contributed by atoms with Crippen molar-refractivity contribution in [1.29, 1.82) is 0 Å². The largest absolute Gasteiger partial charge is 0.390 e. The van der Waals surface area contributed by atoms with E-state index in [2.05, 4.69) is 4.98 Å². The summed E-state index contributed by atoms with van der Waals surface area (Å²) >= 11 is 0. The van der Waals surface area contributed by atoms with Crippen molar-refractivity contribution in [2.45, 2.75) is 13.5 Å². The molecule has 0 saturated heterocycles. The predicted octanol–water partition coefficient (Wildman–Crippen LogP) is 0.221. The molecule has 0 aliphatic carbocycles. The van der Waals surface area contributed by atoms with Crippen LogP contribution in [0.3, 0.4) is 0 Å². The minimum Gasteiger partial charge on any atom is -0.390 e. The summed E-state index contributed by atoms with van der Waals surface area (Å²) in [7, 11) is 1.90. The molecule has 0 aromatic carbocycles. The van der Waals surface area contributed by atoms with E-state index >= 15 is 0 Å². The molecule has 3 heteroatoms. The van der Waals surface area contributed by atoms with E-state index in [0.717, 1.165) is 11.5 Å². The maximum absolute atomic E-state index is 8.60. The van der Waals surface area contributed by atoms with Gasteiger partial charge in [-0.3, -0.25) is 0 Å². The topological polar surface area (TPSA) is 38.1 Å². The van der Waals surface area contributed by atoms with Crippen LogP contribution in [0.1, 0.15) is 11.5 Å². The van der Waals surface area contributed by atoms with E-state index in [-0.39, 0.29) is 6.61 Å². The van der Waals surface area contributed by atoms with Gasteiger partial charge in [-0.15, -0.1) is 0 Å². The van der Waals surface area contributed by atoms with Crippen LogP contribution in [0.2, 0.25) is 0 Å². The lowest BCUT2D eigenvalue weighted by Gasteiger charge is -1.87. The molecule has 0 aliphatic rings. The standard InChI is InChI=1S/C6H10N2O/c1-5-7-6(4-9)3-8(5)2/h3,9H,4H2,1-2H3. The van der Waals surface area contributed by atoms with Gasteiger partial charge in [0, 0.05) is 13.2 Å². The van der Waals surface area contributed by atoms with E-state index in [1.165, 1.54) is 0 Å². The first-order chi connectivity index (χ1) is 4.24. The molecule has 0 bridgehead atoms. The van der Waals surface area contributed by atoms with Crippen LogP contribution >= 0.6 is 0 Å². The molecular formula is C6H10N2O. The van der Waals surface area contributed by atoms with Crippen molar-refractivity contribution in [3.63, 3.8) is 0 Å². The molecule has 1 aromatic rings. The van der Waals surface area contributed by atoms with Crippen molar-refractivity contribution in [1.82, 2.24) is 9.55 Å². The molecule has 0 radical (unpaired) electrons. The third-order valence-corrected chi connectivity index (χ3v) is 1.32. The second kappa shape index (κ2) is 2.19. The van der Waals surface area contributed by atoms with Gasteiger partial charge in [-0.05, 0) is 6.92 Å². The average molecular weight is 126 g/mol. The van der Waals surface area contributed by atoms with Crippen molar-refractivity contribution < 1.29 is 5.11 Å². The van der Waals surface area contributed by atoms with E-state index in [0.29, 0.717) is 0 Å². The van der Waals surface area contributed by atoms with Crippen LogP contribution in [0.4, 0.5) is 0 Å². The van der Waals surface area contributed by atoms with Gasteiger partial charge in [-0.2, -0.15) is 0 Å². The fraction of sp³-hybridized carbons (Fsp3) is 0.500. The highest BCUT2D eigenvalue weighted by Crippen LogP contribution is 1.97. The van der Waals surface area contributed by atoms with Crippen molar-refractivity contribution in [3.8, 4) is 0 Å². The maximum atomic E-state index is 8.60. The minimum absolute atomic E-state index is 0.0294. The van der Waals surface area contributed by atoms with E-state index < -0.39 is 0 Å². The lowest BCUT2D eigenvalue weighted by molar-refractivity contribution is 0.277. The number of hydrogen-bond donors (Lipinski definition) is 1. The first-order valence-electron chi connectivity index (χ1n) is 2.83. The lowest BCUT2D eigenvalue weighted by Crippen LogP contribution is -1.86. The van der Waals surface area contributed by atoms with Gasteiger partial charge in [0.1, 0.15) is 5.82 Å². The number of aryl methyl sites for hydroxylation is 2. The molecule has 1 rings (SSSR count). The molecule has 1 N–H and O–H groups in total. The third kappa shape index (κ3) is 1.10. The van der Waals surface area contributed by atoms with E-state index in [9.17, 15) is 0 Å². The molecule has 0 atom stereocenters. The molecule has 1 aromatic heterocycles. The lowest BCUT2D eigenvalue weighted by atomic mass is 10.5. The maximum Gasteiger partial charge on any atom is 0.105 e. The van der Waals surface area contributed by atoms with Crippen LogP contribution in [0.25, 0.3) is 0 Å². The van der Waals surface area contributed by atoms with Gasteiger partial charge in [0.15, 0.2) is 0 Å². The molecule has 0 spiro atoms. The van der Waals surface area contributed by atoms with Crippen LogP contribution in [0, 0.1) is 6.92 Å². The number of aliphatic hydroxyl groups excluding tert-OH is 1. The zero-order chi connectivity index (χ0) is 6.85. The van der Waals surface area contributed by atoms with Crippen molar-refractivity contribution in [2.75, 3.05) is 0 Å². The Balaban J connectivity index is 2.98. The Kier molecular flexibility index (Phi) is 1.53. The Hall–Kier alpha value is -0.830. The molecule has 0 aliphatic heterocycles. The Bertz CT molecular complexity index is 185. The zero-order valence-electron chi connectivity index (χ0n) is 5.63. The van der Waals surface area contributed by atoms with Gasteiger partial charge in [-0.25, -0.2) is 4.98 Å². The fourth-order valence-electron chi connectivity index (χ4n) is 0.709. The van der Waals surface area contributed by atoms with E-state index in [4.69, 9.17) is 5.11 Å². The summed E-state index contributed by atoms with van der Waals surface area (Å²) in [4.78, 5) is 4.04. The summed E-state index contributed by atoms with van der Waals surface area (Å²) in [6.07, 6.45) is 1.81.